The van der Waals surface area contributed by atoms with E-state index in [9.17, 15) is 0 Å². The maximum absolute atomic E-state index is 5.61. The van der Waals surface area contributed by atoms with E-state index in [1.807, 2.05) is 6.08 Å². The molecule has 1 saturated heterocycles. The van der Waals surface area contributed by atoms with Gasteiger partial charge in [0.05, 0.1) is 6.54 Å². The van der Waals surface area contributed by atoms with Crippen LogP contribution >= 0.6 is 0 Å². The Morgan fingerprint density at radius 1 is 1.45 bits per heavy atom. The number of ether oxygens (including phenoxy) is 1. The second kappa shape index (κ2) is 3.88. The molecule has 0 unspecified atom stereocenters. The molecule has 0 spiro atoms. The van der Waals surface area contributed by atoms with Crippen molar-refractivity contribution in [2.45, 2.75) is 26.1 Å². The van der Waals surface area contributed by atoms with Gasteiger partial charge in [0, 0.05) is 0 Å². The molecule has 0 aromatic rings. The highest BCUT2D eigenvalue weighted by Gasteiger charge is 2.23. The van der Waals surface area contributed by atoms with E-state index in [1.165, 1.54) is 0 Å². The van der Waals surface area contributed by atoms with E-state index < -0.39 is 0 Å². The van der Waals surface area contributed by atoms with Crippen molar-refractivity contribution in [3.63, 3.8) is 0 Å². The predicted molar refractivity (Wildman–Crippen MR) is 45.8 cm³/mol. The first-order valence-corrected chi connectivity index (χ1v) is 4.32. The molecular formula is C9H18NO+. The van der Waals surface area contributed by atoms with Crippen molar-refractivity contribution in [2.75, 3.05) is 19.6 Å². The maximum atomic E-state index is 5.61. The van der Waals surface area contributed by atoms with Gasteiger partial charge in [-0.25, -0.2) is 0 Å². The summed E-state index contributed by atoms with van der Waals surface area (Å²) in [5, 5.41) is 0. The van der Waals surface area contributed by atoms with E-state index in [-0.39, 0.29) is 0 Å². The normalized spacial score (nSPS) is 38.5. The molecule has 0 aliphatic carbocycles. The van der Waals surface area contributed by atoms with Crippen LogP contribution in [-0.4, -0.2) is 31.8 Å². The van der Waals surface area contributed by atoms with E-state index in [2.05, 4.69) is 20.4 Å². The van der Waals surface area contributed by atoms with Gasteiger partial charge < -0.3 is 9.64 Å². The van der Waals surface area contributed by atoms with Gasteiger partial charge in [-0.15, -0.1) is 0 Å². The lowest BCUT2D eigenvalue weighted by Crippen LogP contribution is -3.15. The molecule has 0 aromatic carbocycles. The first kappa shape index (κ1) is 8.75. The van der Waals surface area contributed by atoms with Gasteiger partial charge in [-0.1, -0.05) is 6.58 Å². The molecule has 0 radical (unpaired) electrons. The Labute approximate surface area is 68.8 Å². The Bertz CT molecular complexity index is 126. The van der Waals surface area contributed by atoms with Gasteiger partial charge in [0.15, 0.2) is 0 Å². The van der Waals surface area contributed by atoms with E-state index in [0.29, 0.717) is 12.2 Å². The Hall–Kier alpha value is -0.340. The van der Waals surface area contributed by atoms with Crippen molar-refractivity contribution in [3.05, 3.63) is 12.7 Å². The fourth-order valence-electron chi connectivity index (χ4n) is 1.76. The van der Waals surface area contributed by atoms with Crippen LogP contribution in [0.15, 0.2) is 12.7 Å². The molecule has 2 nitrogen and oxygen atoms in total. The molecule has 1 aliphatic heterocycles. The van der Waals surface area contributed by atoms with Crippen molar-refractivity contribution >= 4 is 0 Å². The van der Waals surface area contributed by atoms with Crippen LogP contribution in [0.4, 0.5) is 0 Å². The van der Waals surface area contributed by atoms with Crippen molar-refractivity contribution in [3.8, 4) is 0 Å². The zero-order valence-corrected chi connectivity index (χ0v) is 7.47. The minimum absolute atomic E-state index is 0.411. The van der Waals surface area contributed by atoms with Crippen molar-refractivity contribution < 1.29 is 9.64 Å². The lowest BCUT2D eigenvalue weighted by molar-refractivity contribution is -0.909. The summed E-state index contributed by atoms with van der Waals surface area (Å²) < 4.78 is 5.61. The second-order valence-electron chi connectivity index (χ2n) is 3.41. The fraction of sp³-hybridized carbons (Fsp3) is 0.778. The highest BCUT2D eigenvalue weighted by molar-refractivity contribution is 4.66. The minimum atomic E-state index is 0.411. The molecule has 11 heavy (non-hydrogen) atoms. The maximum Gasteiger partial charge on any atom is 0.104 e. The van der Waals surface area contributed by atoms with Crippen LogP contribution in [0.25, 0.3) is 0 Å². The first-order chi connectivity index (χ1) is 5.22. The monoisotopic (exact) mass is 156 g/mol. The van der Waals surface area contributed by atoms with E-state index in [0.717, 1.165) is 19.6 Å². The van der Waals surface area contributed by atoms with Crippen molar-refractivity contribution in [2.24, 2.45) is 0 Å². The van der Waals surface area contributed by atoms with E-state index in [1.54, 1.807) is 4.90 Å². The summed E-state index contributed by atoms with van der Waals surface area (Å²) in [5.74, 6) is 0. The Balaban J connectivity index is 2.36. The third-order valence-electron chi connectivity index (χ3n) is 2.05. The molecule has 1 rings (SSSR count). The second-order valence-corrected chi connectivity index (χ2v) is 3.41. The number of hydrogen-bond donors (Lipinski definition) is 1. The summed E-state index contributed by atoms with van der Waals surface area (Å²) in [7, 11) is 0. The third-order valence-corrected chi connectivity index (χ3v) is 2.05. The van der Waals surface area contributed by atoms with Crippen LogP contribution < -0.4 is 4.90 Å². The molecule has 1 fully saturated rings. The van der Waals surface area contributed by atoms with Gasteiger partial charge in [0.1, 0.15) is 25.3 Å². The molecule has 64 valence electrons. The summed E-state index contributed by atoms with van der Waals surface area (Å²) in [5.41, 5.74) is 0. The average Bonchev–Trinajstić information content (AvgIpc) is 1.85. The smallest absolute Gasteiger partial charge is 0.104 e. The predicted octanol–water partition coefficient (Wildman–Crippen LogP) is -0.135. The highest BCUT2D eigenvalue weighted by Crippen LogP contribution is 1.97. The number of nitrogens with one attached hydrogen (secondary N) is 1. The molecule has 0 saturated carbocycles. The molecule has 2 heteroatoms. The molecule has 0 aromatic heterocycles. The molecule has 0 amide bonds. The van der Waals surface area contributed by atoms with Gasteiger partial charge in [-0.3, -0.25) is 0 Å². The van der Waals surface area contributed by atoms with Crippen LogP contribution in [0, 0.1) is 0 Å². The molecule has 1 aliphatic rings. The fourth-order valence-corrected chi connectivity index (χ4v) is 1.76. The number of quaternary nitrogens is 1. The molecule has 0 bridgehead atoms. The Morgan fingerprint density at radius 3 is 2.45 bits per heavy atom. The number of rotatable bonds is 2. The van der Waals surface area contributed by atoms with E-state index >= 15 is 0 Å². The van der Waals surface area contributed by atoms with Crippen LogP contribution in [0.5, 0.6) is 0 Å². The molecular weight excluding hydrogens is 138 g/mol. The third kappa shape index (κ3) is 2.64. The van der Waals surface area contributed by atoms with Gasteiger partial charge >= 0.3 is 0 Å². The zero-order chi connectivity index (χ0) is 8.27. The largest absolute Gasteiger partial charge is 0.364 e. The van der Waals surface area contributed by atoms with Gasteiger partial charge in [0.25, 0.3) is 0 Å². The standard InChI is InChI=1S/C9H17NO/c1-4-5-10-6-8(2)11-9(3)7-10/h4,8-9H,1,5-7H2,2-3H3/p+1/t8-,9-/m1/s1. The molecule has 2 atom stereocenters. The summed E-state index contributed by atoms with van der Waals surface area (Å²) >= 11 is 0. The summed E-state index contributed by atoms with van der Waals surface area (Å²) in [6, 6.07) is 0. The van der Waals surface area contributed by atoms with Crippen LogP contribution in [0.1, 0.15) is 13.8 Å². The first-order valence-electron chi connectivity index (χ1n) is 4.32. The lowest BCUT2D eigenvalue weighted by Gasteiger charge is -2.31. The molecule has 1 N–H and O–H groups in total. The van der Waals surface area contributed by atoms with Crippen LogP contribution in [-0.2, 0) is 4.74 Å². The van der Waals surface area contributed by atoms with Crippen molar-refractivity contribution in [1.82, 2.24) is 0 Å². The molecule has 1 heterocycles. The summed E-state index contributed by atoms with van der Waals surface area (Å²) in [6.07, 6.45) is 2.81. The Kier molecular flexibility index (Phi) is 3.09. The van der Waals surface area contributed by atoms with Crippen LogP contribution in [0.2, 0.25) is 0 Å². The van der Waals surface area contributed by atoms with Crippen molar-refractivity contribution in [1.29, 1.82) is 0 Å². The van der Waals surface area contributed by atoms with Gasteiger partial charge in [0.2, 0.25) is 0 Å². The topological polar surface area (TPSA) is 13.7 Å². The highest BCUT2D eigenvalue weighted by atomic mass is 16.5. The summed E-state index contributed by atoms with van der Waals surface area (Å²) in [6.45, 7) is 11.3. The minimum Gasteiger partial charge on any atom is -0.364 e. The SMILES string of the molecule is C=CC[NH+]1C[C@@H](C)O[C@H](C)C1. The average molecular weight is 156 g/mol. The Morgan fingerprint density at radius 2 is 2.00 bits per heavy atom. The number of morpholine rings is 1. The lowest BCUT2D eigenvalue weighted by atomic mass is 10.2. The summed E-state index contributed by atoms with van der Waals surface area (Å²) in [4.78, 5) is 1.59. The number of hydrogen-bond acceptors (Lipinski definition) is 1. The quantitative estimate of drug-likeness (QED) is 0.550. The van der Waals surface area contributed by atoms with Gasteiger partial charge in [-0.05, 0) is 19.9 Å². The van der Waals surface area contributed by atoms with E-state index in [4.69, 9.17) is 4.74 Å². The zero-order valence-electron chi connectivity index (χ0n) is 7.47. The van der Waals surface area contributed by atoms with Gasteiger partial charge in [-0.2, -0.15) is 0 Å². The van der Waals surface area contributed by atoms with Crippen LogP contribution in [0.3, 0.4) is 0 Å².